The Morgan fingerprint density at radius 1 is 1.39 bits per heavy atom. The van der Waals surface area contributed by atoms with Crippen LogP contribution in [0.3, 0.4) is 0 Å². The Morgan fingerprint density at radius 3 is 2.74 bits per heavy atom. The highest BCUT2D eigenvalue weighted by molar-refractivity contribution is 7.99. The number of hydrogen-bond donors (Lipinski definition) is 1. The molecule has 2 rings (SSSR count). The molecule has 1 aliphatic rings. The van der Waals surface area contributed by atoms with E-state index in [1.807, 2.05) is 13.0 Å². The topological polar surface area (TPSA) is 57.6 Å². The molecule has 1 fully saturated rings. The Bertz CT molecular complexity index is 597. The quantitative estimate of drug-likeness (QED) is 0.850. The number of aliphatic carboxylic acids is 1. The van der Waals surface area contributed by atoms with Gasteiger partial charge in [0, 0.05) is 28.9 Å². The van der Waals surface area contributed by atoms with Gasteiger partial charge in [-0.05, 0) is 30.0 Å². The van der Waals surface area contributed by atoms with Crippen LogP contribution in [0.2, 0.25) is 10.0 Å². The number of carbonyl (C=O) groups excluding carboxylic acids is 1. The van der Waals surface area contributed by atoms with Crippen molar-refractivity contribution in [3.63, 3.8) is 0 Å². The number of carboxylic acid groups (broad SMARTS) is 1. The van der Waals surface area contributed by atoms with Crippen LogP contribution in [0.15, 0.2) is 18.2 Å². The predicted molar refractivity (Wildman–Crippen MR) is 94.1 cm³/mol. The molecule has 1 heterocycles. The number of halogens is 2. The number of piperidine rings is 1. The number of rotatable bonds is 5. The number of amides is 1. The van der Waals surface area contributed by atoms with E-state index in [4.69, 9.17) is 28.3 Å². The van der Waals surface area contributed by atoms with Gasteiger partial charge in [0.2, 0.25) is 5.91 Å². The summed E-state index contributed by atoms with van der Waals surface area (Å²) in [5, 5.41) is 10.3. The number of thioether (sulfide) groups is 1. The van der Waals surface area contributed by atoms with Crippen molar-refractivity contribution in [1.29, 1.82) is 0 Å². The van der Waals surface area contributed by atoms with Crippen molar-refractivity contribution in [2.45, 2.75) is 19.1 Å². The Morgan fingerprint density at radius 2 is 2.13 bits per heavy atom. The first-order valence-corrected chi connectivity index (χ1v) is 9.31. The van der Waals surface area contributed by atoms with Crippen LogP contribution in [0.5, 0.6) is 0 Å². The molecule has 1 aromatic rings. The lowest BCUT2D eigenvalue weighted by molar-refractivity contribution is -0.147. The number of benzene rings is 1. The molecule has 126 valence electrons. The largest absolute Gasteiger partial charge is 0.481 e. The molecule has 0 bridgehead atoms. The molecule has 7 heteroatoms. The van der Waals surface area contributed by atoms with E-state index in [9.17, 15) is 9.59 Å². The van der Waals surface area contributed by atoms with Gasteiger partial charge in [0.05, 0.1) is 11.7 Å². The van der Waals surface area contributed by atoms with Gasteiger partial charge in [-0.15, -0.1) is 11.8 Å². The monoisotopic (exact) mass is 375 g/mol. The molecule has 1 aromatic carbocycles. The van der Waals surface area contributed by atoms with Crippen molar-refractivity contribution >= 4 is 46.8 Å². The van der Waals surface area contributed by atoms with Crippen LogP contribution in [-0.4, -0.2) is 40.7 Å². The number of likely N-dealkylation sites (tertiary alicyclic amines) is 1. The predicted octanol–water partition coefficient (Wildman–Crippen LogP) is 3.80. The minimum Gasteiger partial charge on any atom is -0.481 e. The molecule has 0 spiro atoms. The lowest BCUT2D eigenvalue weighted by atomic mass is 9.87. The Hall–Kier alpha value is -0.910. The zero-order valence-corrected chi connectivity index (χ0v) is 15.1. The average Bonchev–Trinajstić information content (AvgIpc) is 2.48. The summed E-state index contributed by atoms with van der Waals surface area (Å²) < 4.78 is 0. The molecule has 1 saturated heterocycles. The third-order valence-electron chi connectivity index (χ3n) is 4.07. The third-order valence-corrected chi connectivity index (χ3v) is 5.63. The van der Waals surface area contributed by atoms with E-state index >= 15 is 0 Å². The van der Waals surface area contributed by atoms with Gasteiger partial charge in [-0.2, -0.15) is 0 Å². The maximum atomic E-state index is 12.3. The standard InChI is InChI=1S/C16H19Cl2NO3S/c1-10-7-19(5-4-13(10)16(21)22)15(20)9-23-8-11-2-3-12(17)6-14(11)18/h2-3,6,10,13H,4-5,7-9H2,1H3,(H,21,22). The third kappa shape index (κ3) is 5.03. The lowest BCUT2D eigenvalue weighted by Gasteiger charge is -2.34. The van der Waals surface area contributed by atoms with Crippen molar-refractivity contribution in [3.8, 4) is 0 Å². The van der Waals surface area contributed by atoms with E-state index < -0.39 is 5.97 Å². The summed E-state index contributed by atoms with van der Waals surface area (Å²) in [6, 6.07) is 5.34. The number of carboxylic acids is 1. The fourth-order valence-electron chi connectivity index (χ4n) is 2.72. The number of nitrogens with zero attached hydrogens (tertiary/aromatic N) is 1. The molecule has 0 radical (unpaired) electrons. The van der Waals surface area contributed by atoms with Gasteiger partial charge in [-0.25, -0.2) is 0 Å². The van der Waals surface area contributed by atoms with Crippen LogP contribution >= 0.6 is 35.0 Å². The summed E-state index contributed by atoms with van der Waals surface area (Å²) in [5.74, 6) is -0.0700. The van der Waals surface area contributed by atoms with E-state index in [2.05, 4.69) is 0 Å². The van der Waals surface area contributed by atoms with Gasteiger partial charge >= 0.3 is 5.97 Å². The highest BCUT2D eigenvalue weighted by Crippen LogP contribution is 2.26. The van der Waals surface area contributed by atoms with Gasteiger partial charge in [-0.3, -0.25) is 9.59 Å². The second-order valence-electron chi connectivity index (χ2n) is 5.78. The number of hydrogen-bond acceptors (Lipinski definition) is 3. The maximum Gasteiger partial charge on any atom is 0.306 e. The minimum absolute atomic E-state index is 0.0130. The van der Waals surface area contributed by atoms with Crippen LogP contribution in [0.25, 0.3) is 0 Å². The van der Waals surface area contributed by atoms with E-state index in [0.717, 1.165) is 5.56 Å². The second-order valence-corrected chi connectivity index (χ2v) is 7.61. The van der Waals surface area contributed by atoms with Gasteiger partial charge in [0.15, 0.2) is 0 Å². The van der Waals surface area contributed by atoms with Gasteiger partial charge in [0.25, 0.3) is 0 Å². The fraction of sp³-hybridized carbons (Fsp3) is 0.500. The Labute approximate surface area is 150 Å². The molecule has 4 nitrogen and oxygen atoms in total. The van der Waals surface area contributed by atoms with Crippen molar-refractivity contribution in [2.24, 2.45) is 11.8 Å². The number of carbonyl (C=O) groups is 2. The van der Waals surface area contributed by atoms with Gasteiger partial charge in [-0.1, -0.05) is 36.2 Å². The smallest absolute Gasteiger partial charge is 0.306 e. The summed E-state index contributed by atoms with van der Waals surface area (Å²) in [5.41, 5.74) is 0.951. The lowest BCUT2D eigenvalue weighted by Crippen LogP contribution is -2.45. The maximum absolute atomic E-state index is 12.3. The molecule has 2 atom stereocenters. The van der Waals surface area contributed by atoms with E-state index in [1.165, 1.54) is 11.8 Å². The highest BCUT2D eigenvalue weighted by Gasteiger charge is 2.32. The van der Waals surface area contributed by atoms with Gasteiger partial charge < -0.3 is 10.0 Å². The normalized spacial score (nSPS) is 21.3. The first kappa shape index (κ1) is 18.4. The van der Waals surface area contributed by atoms with E-state index in [0.29, 0.717) is 41.1 Å². The second kappa shape index (κ2) is 8.27. The summed E-state index contributed by atoms with van der Waals surface area (Å²) in [6.45, 7) is 2.92. The first-order valence-electron chi connectivity index (χ1n) is 7.40. The average molecular weight is 376 g/mol. The molecule has 0 saturated carbocycles. The fourth-order valence-corrected chi connectivity index (χ4v) is 4.20. The highest BCUT2D eigenvalue weighted by atomic mass is 35.5. The van der Waals surface area contributed by atoms with Gasteiger partial charge in [0.1, 0.15) is 0 Å². The van der Waals surface area contributed by atoms with Crippen molar-refractivity contribution in [1.82, 2.24) is 4.90 Å². The summed E-state index contributed by atoms with van der Waals surface area (Å²) in [6.07, 6.45) is 0.524. The molecule has 1 aliphatic heterocycles. The molecular formula is C16H19Cl2NO3S. The molecule has 1 amide bonds. The molecule has 2 unspecified atom stereocenters. The molecule has 23 heavy (non-hydrogen) atoms. The summed E-state index contributed by atoms with van der Waals surface area (Å²) in [7, 11) is 0. The molecule has 0 aromatic heterocycles. The van der Waals surface area contributed by atoms with E-state index in [1.54, 1.807) is 17.0 Å². The van der Waals surface area contributed by atoms with E-state index in [-0.39, 0.29) is 17.7 Å². The Balaban J connectivity index is 1.80. The van der Waals surface area contributed by atoms with Crippen molar-refractivity contribution in [3.05, 3.63) is 33.8 Å². The minimum atomic E-state index is -0.767. The van der Waals surface area contributed by atoms with Crippen LogP contribution < -0.4 is 0 Å². The SMILES string of the molecule is CC1CN(C(=O)CSCc2ccc(Cl)cc2Cl)CCC1C(=O)O. The van der Waals surface area contributed by atoms with Crippen molar-refractivity contribution in [2.75, 3.05) is 18.8 Å². The molecule has 1 N–H and O–H groups in total. The first-order chi connectivity index (χ1) is 10.9. The zero-order chi connectivity index (χ0) is 17.0. The van der Waals surface area contributed by atoms with Crippen LogP contribution in [0.1, 0.15) is 18.9 Å². The van der Waals surface area contributed by atoms with Crippen LogP contribution in [0.4, 0.5) is 0 Å². The van der Waals surface area contributed by atoms with Crippen LogP contribution in [0, 0.1) is 11.8 Å². The molecule has 0 aliphatic carbocycles. The van der Waals surface area contributed by atoms with Crippen LogP contribution in [-0.2, 0) is 15.3 Å². The zero-order valence-electron chi connectivity index (χ0n) is 12.8. The summed E-state index contributed by atoms with van der Waals surface area (Å²) in [4.78, 5) is 25.1. The molecular weight excluding hydrogens is 357 g/mol. The Kier molecular flexibility index (Phi) is 6.62. The van der Waals surface area contributed by atoms with Crippen molar-refractivity contribution < 1.29 is 14.7 Å². The summed E-state index contributed by atoms with van der Waals surface area (Å²) >= 11 is 13.5.